The van der Waals surface area contributed by atoms with Crippen molar-refractivity contribution >= 4 is 22.2 Å². The average Bonchev–Trinajstić information content (AvgIpc) is 2.97. The first kappa shape index (κ1) is 20.4. The molecule has 4 nitrogen and oxygen atoms in total. The Hall–Kier alpha value is -2.32. The van der Waals surface area contributed by atoms with Crippen molar-refractivity contribution in [3.05, 3.63) is 45.8 Å². The number of rotatable bonds is 4. The normalized spacial score (nSPS) is 16.4. The van der Waals surface area contributed by atoms with E-state index in [2.05, 4.69) is 32.2 Å². The molecule has 0 bridgehead atoms. The molecule has 0 radical (unpaired) electrons. The average molecular weight is 397 g/mol. The number of benzene rings is 1. The van der Waals surface area contributed by atoms with E-state index in [-0.39, 0.29) is 17.4 Å². The van der Waals surface area contributed by atoms with Gasteiger partial charge in [0.05, 0.1) is 11.7 Å². The monoisotopic (exact) mass is 396 g/mol. The number of fused-ring (bicyclic) bond motifs is 1. The lowest BCUT2D eigenvalue weighted by Gasteiger charge is -2.33. The van der Waals surface area contributed by atoms with Gasteiger partial charge in [-0.15, -0.1) is 11.3 Å². The Morgan fingerprint density at radius 2 is 1.96 bits per heavy atom. The maximum Gasteiger partial charge on any atom is 0.256 e. The smallest absolute Gasteiger partial charge is 0.256 e. The number of nitriles is 1. The summed E-state index contributed by atoms with van der Waals surface area (Å²) < 4.78 is 5.62. The molecule has 1 heterocycles. The molecule has 0 saturated carbocycles. The number of anilines is 1. The number of nitrogens with one attached hydrogen (secondary N) is 1. The lowest BCUT2D eigenvalue weighted by Crippen LogP contribution is -2.26. The Labute approximate surface area is 171 Å². The maximum absolute atomic E-state index is 12.7. The van der Waals surface area contributed by atoms with Gasteiger partial charge in [-0.1, -0.05) is 20.8 Å². The Morgan fingerprint density at radius 3 is 2.54 bits per heavy atom. The van der Waals surface area contributed by atoms with Crippen LogP contribution >= 0.6 is 11.3 Å². The van der Waals surface area contributed by atoms with Gasteiger partial charge in [0.2, 0.25) is 0 Å². The molecule has 1 aliphatic carbocycles. The van der Waals surface area contributed by atoms with E-state index in [0.717, 1.165) is 30.6 Å². The summed E-state index contributed by atoms with van der Waals surface area (Å²) in [6.45, 7) is 10.8. The molecule has 1 amide bonds. The molecule has 0 spiro atoms. The molecule has 0 fully saturated rings. The molecular weight excluding hydrogens is 368 g/mol. The molecule has 0 aliphatic heterocycles. The number of thiophene rings is 1. The first-order valence-electron chi connectivity index (χ1n) is 9.81. The van der Waals surface area contributed by atoms with Crippen LogP contribution in [0.3, 0.4) is 0 Å². The van der Waals surface area contributed by atoms with Crippen LogP contribution in [0.1, 0.15) is 67.4 Å². The Morgan fingerprint density at radius 1 is 1.29 bits per heavy atom. The van der Waals surface area contributed by atoms with Gasteiger partial charge in [0.1, 0.15) is 16.8 Å². The van der Waals surface area contributed by atoms with E-state index in [1.54, 1.807) is 35.6 Å². The van der Waals surface area contributed by atoms with Crippen molar-refractivity contribution in [3.8, 4) is 11.8 Å². The van der Waals surface area contributed by atoms with Crippen molar-refractivity contribution in [1.29, 1.82) is 5.26 Å². The molecule has 1 atom stereocenters. The largest absolute Gasteiger partial charge is 0.491 e. The lowest BCUT2D eigenvalue weighted by molar-refractivity contribution is 0.102. The zero-order valence-electron chi connectivity index (χ0n) is 17.3. The Kier molecular flexibility index (Phi) is 5.81. The second kappa shape index (κ2) is 7.97. The molecule has 148 valence electrons. The molecule has 2 aromatic rings. The molecule has 0 saturated heterocycles. The van der Waals surface area contributed by atoms with E-state index in [4.69, 9.17) is 4.74 Å². The van der Waals surface area contributed by atoms with Gasteiger partial charge in [-0.25, -0.2) is 0 Å². The van der Waals surface area contributed by atoms with Crippen LogP contribution in [0.2, 0.25) is 0 Å². The van der Waals surface area contributed by atoms with Crippen LogP contribution in [0, 0.1) is 22.7 Å². The maximum atomic E-state index is 12.7. The first-order valence-corrected chi connectivity index (χ1v) is 10.6. The summed E-state index contributed by atoms with van der Waals surface area (Å²) in [5.74, 6) is 1.14. The SMILES string of the molecule is CC(C)Oc1ccc(C(=O)Nc2sc3c(c2C#N)CC[C@@H](C(C)(C)C)C3)cc1. The van der Waals surface area contributed by atoms with Crippen molar-refractivity contribution in [1.82, 2.24) is 0 Å². The second-order valence-corrected chi connectivity index (χ2v) is 9.88. The van der Waals surface area contributed by atoms with Gasteiger partial charge < -0.3 is 10.1 Å². The highest BCUT2D eigenvalue weighted by molar-refractivity contribution is 7.16. The Bertz CT molecular complexity index is 898. The minimum absolute atomic E-state index is 0.0900. The second-order valence-electron chi connectivity index (χ2n) is 8.77. The molecular formula is C23H28N2O2S. The van der Waals surface area contributed by atoms with Gasteiger partial charge in [-0.05, 0) is 74.3 Å². The fourth-order valence-electron chi connectivity index (χ4n) is 3.66. The summed E-state index contributed by atoms with van der Waals surface area (Å²) in [5, 5.41) is 13.3. The zero-order chi connectivity index (χ0) is 20.5. The van der Waals surface area contributed by atoms with Crippen LogP contribution in [0.25, 0.3) is 0 Å². The minimum atomic E-state index is -0.196. The number of amides is 1. The standard InChI is InChI=1S/C23H28N2O2S/c1-14(2)27-17-9-6-15(7-10-17)21(26)25-22-19(13-24)18-11-8-16(23(3,4)5)12-20(18)28-22/h6-7,9-10,14,16H,8,11-12H2,1-5H3,(H,25,26)/t16-/m1/s1. The Balaban J connectivity index is 1.79. The highest BCUT2D eigenvalue weighted by atomic mass is 32.1. The zero-order valence-corrected chi connectivity index (χ0v) is 18.1. The summed E-state index contributed by atoms with van der Waals surface area (Å²) in [7, 11) is 0. The van der Waals surface area contributed by atoms with E-state index in [0.29, 0.717) is 22.0 Å². The van der Waals surface area contributed by atoms with Crippen molar-refractivity contribution in [2.75, 3.05) is 5.32 Å². The van der Waals surface area contributed by atoms with Crippen LogP contribution in [0.4, 0.5) is 5.00 Å². The summed E-state index contributed by atoms with van der Waals surface area (Å²) in [4.78, 5) is 13.9. The van der Waals surface area contributed by atoms with Crippen molar-refractivity contribution in [2.24, 2.45) is 11.3 Å². The number of carbonyl (C=O) groups excluding carboxylic acids is 1. The predicted octanol–water partition coefficient (Wildman–Crippen LogP) is 5.81. The van der Waals surface area contributed by atoms with E-state index in [1.807, 2.05) is 13.8 Å². The number of hydrogen-bond acceptors (Lipinski definition) is 4. The van der Waals surface area contributed by atoms with Gasteiger partial charge in [-0.2, -0.15) is 5.26 Å². The van der Waals surface area contributed by atoms with Gasteiger partial charge in [-0.3, -0.25) is 4.79 Å². The fraction of sp³-hybridized carbons (Fsp3) is 0.478. The molecule has 3 rings (SSSR count). The summed E-state index contributed by atoms with van der Waals surface area (Å²) >= 11 is 1.56. The molecule has 0 unspecified atom stereocenters. The van der Waals surface area contributed by atoms with E-state index < -0.39 is 0 Å². The fourth-order valence-corrected chi connectivity index (χ4v) is 4.94. The molecule has 1 aromatic heterocycles. The first-order chi connectivity index (χ1) is 13.2. The topological polar surface area (TPSA) is 62.1 Å². The minimum Gasteiger partial charge on any atom is -0.491 e. The number of hydrogen-bond donors (Lipinski definition) is 1. The van der Waals surface area contributed by atoms with Crippen LogP contribution in [-0.4, -0.2) is 12.0 Å². The third-order valence-electron chi connectivity index (χ3n) is 5.32. The third kappa shape index (κ3) is 4.39. The van der Waals surface area contributed by atoms with Crippen LogP contribution < -0.4 is 10.1 Å². The lowest BCUT2D eigenvalue weighted by atomic mass is 9.72. The third-order valence-corrected chi connectivity index (χ3v) is 6.49. The van der Waals surface area contributed by atoms with Crippen LogP contribution in [0.5, 0.6) is 5.75 Å². The van der Waals surface area contributed by atoms with Crippen molar-refractivity contribution < 1.29 is 9.53 Å². The summed E-state index contributed by atoms with van der Waals surface area (Å²) in [6, 6.07) is 9.42. The van der Waals surface area contributed by atoms with Gasteiger partial charge in [0, 0.05) is 10.4 Å². The predicted molar refractivity (Wildman–Crippen MR) is 114 cm³/mol. The van der Waals surface area contributed by atoms with Crippen LogP contribution in [-0.2, 0) is 12.8 Å². The number of carbonyl (C=O) groups is 1. The molecule has 5 heteroatoms. The van der Waals surface area contributed by atoms with Gasteiger partial charge in [0.25, 0.3) is 5.91 Å². The van der Waals surface area contributed by atoms with Crippen molar-refractivity contribution in [3.63, 3.8) is 0 Å². The molecule has 1 aromatic carbocycles. The van der Waals surface area contributed by atoms with E-state index >= 15 is 0 Å². The number of ether oxygens (including phenoxy) is 1. The summed E-state index contributed by atoms with van der Waals surface area (Å²) in [5.41, 5.74) is 2.57. The van der Waals surface area contributed by atoms with Crippen LogP contribution in [0.15, 0.2) is 24.3 Å². The van der Waals surface area contributed by atoms with Gasteiger partial charge in [0.15, 0.2) is 0 Å². The molecule has 1 aliphatic rings. The highest BCUT2D eigenvalue weighted by Gasteiger charge is 2.32. The highest BCUT2D eigenvalue weighted by Crippen LogP contribution is 2.44. The summed E-state index contributed by atoms with van der Waals surface area (Å²) in [6.07, 6.45) is 3.07. The molecule has 28 heavy (non-hydrogen) atoms. The quantitative estimate of drug-likeness (QED) is 0.709. The van der Waals surface area contributed by atoms with Crippen molar-refractivity contribution in [2.45, 2.75) is 60.0 Å². The van der Waals surface area contributed by atoms with E-state index in [1.165, 1.54) is 4.88 Å². The number of nitrogens with zero attached hydrogens (tertiary/aromatic N) is 1. The van der Waals surface area contributed by atoms with E-state index in [9.17, 15) is 10.1 Å². The molecule has 1 N–H and O–H groups in total. The van der Waals surface area contributed by atoms with Gasteiger partial charge >= 0.3 is 0 Å².